The summed E-state index contributed by atoms with van der Waals surface area (Å²) in [5.41, 5.74) is -0.373. The first-order valence-electron chi connectivity index (χ1n) is 17.4. The monoisotopic (exact) mass is 709 g/mol. The number of hydrogen-bond donors (Lipinski definition) is 2. The number of likely N-dealkylation sites (tertiary alicyclic amines) is 2. The Bertz CT molecular complexity index is 1670. The van der Waals surface area contributed by atoms with Gasteiger partial charge in [-0.15, -0.1) is 0 Å². The minimum atomic E-state index is -3.57. The molecular formula is C37H48FN5O6S. The van der Waals surface area contributed by atoms with Crippen LogP contribution in [0, 0.1) is 29.0 Å². The van der Waals surface area contributed by atoms with Crippen LogP contribution in [-0.4, -0.2) is 111 Å². The third-order valence-corrected chi connectivity index (χ3v) is 12.6. The Morgan fingerprint density at radius 2 is 1.84 bits per heavy atom. The van der Waals surface area contributed by atoms with Crippen molar-refractivity contribution in [2.75, 3.05) is 60.0 Å². The average molecular weight is 710 g/mol. The number of nitrogens with zero attached hydrogens (tertiary/aromatic N) is 4. The van der Waals surface area contributed by atoms with Crippen LogP contribution in [0.3, 0.4) is 0 Å². The number of carboxylic acid groups (broad SMARTS) is 1. The fourth-order valence-corrected chi connectivity index (χ4v) is 9.52. The fraction of sp³-hybridized carbons (Fsp3) is 0.541. The molecule has 2 saturated heterocycles. The second-order valence-electron chi connectivity index (χ2n) is 13.9. The quantitative estimate of drug-likeness (QED) is 0.217. The van der Waals surface area contributed by atoms with E-state index in [4.69, 9.17) is 4.74 Å². The highest BCUT2D eigenvalue weighted by atomic mass is 32.2. The number of ether oxygens (including phenoxy) is 1. The lowest BCUT2D eigenvalue weighted by Crippen LogP contribution is -2.56. The predicted octanol–water partition coefficient (Wildman–Crippen LogP) is 4.31. The zero-order valence-electron chi connectivity index (χ0n) is 28.8. The van der Waals surface area contributed by atoms with Crippen LogP contribution in [0.1, 0.15) is 44.1 Å². The molecule has 3 atom stereocenters. The summed E-state index contributed by atoms with van der Waals surface area (Å²) >= 11 is 0. The number of nitriles is 1. The molecule has 5 rings (SSSR count). The van der Waals surface area contributed by atoms with Gasteiger partial charge in [0.25, 0.3) is 0 Å². The summed E-state index contributed by atoms with van der Waals surface area (Å²) in [6.45, 7) is 3.74. The van der Waals surface area contributed by atoms with Crippen LogP contribution in [0.5, 0.6) is 5.75 Å². The van der Waals surface area contributed by atoms with Gasteiger partial charge in [-0.1, -0.05) is 24.6 Å². The van der Waals surface area contributed by atoms with Crippen LogP contribution in [0.2, 0.25) is 0 Å². The number of nitrogens with one attached hydrogen (secondary N) is 1. The summed E-state index contributed by atoms with van der Waals surface area (Å²) in [6.07, 6.45) is 6.53. The van der Waals surface area contributed by atoms with E-state index in [0.29, 0.717) is 37.3 Å². The maximum Gasteiger partial charge on any atom is 0.404 e. The van der Waals surface area contributed by atoms with Crippen molar-refractivity contribution in [3.05, 3.63) is 72.1 Å². The molecule has 2 amide bonds. The Morgan fingerprint density at radius 1 is 1.12 bits per heavy atom. The summed E-state index contributed by atoms with van der Waals surface area (Å²) in [4.78, 5) is 29.9. The minimum Gasteiger partial charge on any atom is -0.494 e. The smallest absolute Gasteiger partial charge is 0.404 e. The molecule has 2 heterocycles. The van der Waals surface area contributed by atoms with Crippen molar-refractivity contribution >= 4 is 21.8 Å². The molecule has 0 bridgehead atoms. The molecule has 1 aliphatic carbocycles. The number of hydrogen-bond acceptors (Lipinski definition) is 8. The maximum atomic E-state index is 14.5. The van der Waals surface area contributed by atoms with E-state index in [0.717, 1.165) is 45.3 Å². The van der Waals surface area contributed by atoms with Crippen molar-refractivity contribution < 1.29 is 32.2 Å². The molecule has 50 heavy (non-hydrogen) atoms. The molecule has 11 nitrogen and oxygen atoms in total. The van der Waals surface area contributed by atoms with E-state index >= 15 is 0 Å². The Balaban J connectivity index is 1.10. The molecule has 3 fully saturated rings. The summed E-state index contributed by atoms with van der Waals surface area (Å²) in [6, 6.07) is 14.9. The Labute approximate surface area is 294 Å². The van der Waals surface area contributed by atoms with Gasteiger partial charge in [-0.3, -0.25) is 4.79 Å². The molecule has 3 aliphatic rings. The molecule has 2 aromatic carbocycles. The average Bonchev–Trinajstić information content (AvgIpc) is 3.51. The number of amides is 2. The summed E-state index contributed by atoms with van der Waals surface area (Å²) in [5, 5.41) is 22.3. The van der Waals surface area contributed by atoms with Crippen molar-refractivity contribution in [2.45, 2.75) is 60.1 Å². The number of benzene rings is 2. The van der Waals surface area contributed by atoms with Gasteiger partial charge in [0.1, 0.15) is 16.8 Å². The standard InChI is InChI=1S/C37H48FN5O6S/c1-41(2)18-5-11-35(44)43-24-32(25-43)50(47,48)31-14-12-30(13-15-31)49-22-6-19-42-20-16-27(17-21-42)37(26-39,28-7-3-8-29(38)23-28)33-9-4-10-34(33)40-36(45)46/h3,5,7-8,11-15,23,27,32-34,40H,4,6,9-10,16-22,24-25H2,1-2H3,(H,45,46)/b11-5+/t33-,34-,37-/m0/s1. The van der Waals surface area contributed by atoms with Crippen molar-refractivity contribution in [3.8, 4) is 11.8 Å². The first-order chi connectivity index (χ1) is 23.9. The fourth-order valence-electron chi connectivity index (χ4n) is 7.87. The third kappa shape index (κ3) is 8.48. The van der Waals surface area contributed by atoms with Crippen molar-refractivity contribution in [3.63, 3.8) is 0 Å². The van der Waals surface area contributed by atoms with Gasteiger partial charge in [-0.25, -0.2) is 17.6 Å². The molecule has 270 valence electrons. The number of piperidine rings is 1. The maximum absolute atomic E-state index is 14.5. The molecule has 13 heteroatoms. The van der Waals surface area contributed by atoms with Crippen molar-refractivity contribution in [2.24, 2.45) is 11.8 Å². The lowest BCUT2D eigenvalue weighted by Gasteiger charge is -2.46. The molecule has 0 radical (unpaired) electrons. The highest BCUT2D eigenvalue weighted by Gasteiger charge is 2.52. The van der Waals surface area contributed by atoms with E-state index in [1.165, 1.54) is 23.1 Å². The van der Waals surface area contributed by atoms with E-state index in [1.54, 1.807) is 36.4 Å². The lowest BCUT2D eigenvalue weighted by molar-refractivity contribution is -0.129. The van der Waals surface area contributed by atoms with Crippen LogP contribution in [0.4, 0.5) is 9.18 Å². The summed E-state index contributed by atoms with van der Waals surface area (Å²) < 4.78 is 46.6. The Kier molecular flexibility index (Phi) is 12.2. The van der Waals surface area contributed by atoms with Gasteiger partial charge < -0.3 is 29.9 Å². The van der Waals surface area contributed by atoms with E-state index in [9.17, 15) is 32.8 Å². The largest absolute Gasteiger partial charge is 0.494 e. The highest BCUT2D eigenvalue weighted by Crippen LogP contribution is 2.50. The number of halogens is 1. The number of carbonyl (C=O) groups excluding carboxylic acids is 1. The van der Waals surface area contributed by atoms with E-state index < -0.39 is 32.4 Å². The van der Waals surface area contributed by atoms with Crippen LogP contribution in [0.25, 0.3) is 0 Å². The first-order valence-corrected chi connectivity index (χ1v) is 18.9. The molecule has 0 aromatic heterocycles. The predicted molar refractivity (Wildman–Crippen MR) is 187 cm³/mol. The van der Waals surface area contributed by atoms with Crippen LogP contribution >= 0.6 is 0 Å². The van der Waals surface area contributed by atoms with E-state index in [-0.39, 0.29) is 41.8 Å². The zero-order chi connectivity index (χ0) is 35.9. The van der Waals surface area contributed by atoms with Gasteiger partial charge in [-0.05, 0) is 107 Å². The second kappa shape index (κ2) is 16.4. The minimum absolute atomic E-state index is 0.0498. The number of rotatable bonds is 14. The Hall–Kier alpha value is -3.99. The topological polar surface area (TPSA) is 143 Å². The van der Waals surface area contributed by atoms with E-state index in [1.807, 2.05) is 25.1 Å². The number of carbonyl (C=O) groups is 2. The van der Waals surface area contributed by atoms with Gasteiger partial charge >= 0.3 is 6.09 Å². The molecule has 0 unspecified atom stereocenters. The van der Waals surface area contributed by atoms with Crippen molar-refractivity contribution in [1.82, 2.24) is 20.0 Å². The third-order valence-electron chi connectivity index (χ3n) is 10.5. The second-order valence-corrected chi connectivity index (χ2v) is 16.2. The number of sulfone groups is 1. The van der Waals surface area contributed by atoms with Crippen LogP contribution in [-0.2, 0) is 20.0 Å². The van der Waals surface area contributed by atoms with Gasteiger partial charge in [0.2, 0.25) is 5.91 Å². The van der Waals surface area contributed by atoms with Gasteiger partial charge in [0.15, 0.2) is 9.84 Å². The first kappa shape index (κ1) is 37.3. The highest BCUT2D eigenvalue weighted by molar-refractivity contribution is 7.92. The van der Waals surface area contributed by atoms with Crippen LogP contribution in [0.15, 0.2) is 65.6 Å². The van der Waals surface area contributed by atoms with Crippen molar-refractivity contribution in [1.29, 1.82) is 5.26 Å². The number of likely N-dealkylation sites (N-methyl/N-ethyl adjacent to an activating group) is 1. The van der Waals surface area contributed by atoms with Crippen LogP contribution < -0.4 is 10.1 Å². The van der Waals surface area contributed by atoms with Gasteiger partial charge in [0.05, 0.1) is 23.0 Å². The zero-order valence-corrected chi connectivity index (χ0v) is 29.7. The SMILES string of the molecule is CN(C)C/C=C/C(=O)N1CC(S(=O)(=O)c2ccc(OCCCN3CCC([C@@](C#N)(c4cccc(F)c4)[C@H]4CCC[C@@H]4NC(=O)O)CC3)cc2)C1. The molecule has 2 aromatic rings. The summed E-state index contributed by atoms with van der Waals surface area (Å²) in [7, 11) is 0.240. The molecule has 2 N–H and O–H groups in total. The Morgan fingerprint density at radius 3 is 2.48 bits per heavy atom. The normalized spacial score (nSPS) is 21.9. The van der Waals surface area contributed by atoms with E-state index in [2.05, 4.69) is 16.3 Å². The molecule has 2 aliphatic heterocycles. The molecule has 1 saturated carbocycles. The lowest BCUT2D eigenvalue weighted by atomic mass is 9.59. The van der Waals surface area contributed by atoms with Gasteiger partial charge in [0, 0.05) is 44.2 Å². The summed E-state index contributed by atoms with van der Waals surface area (Å²) in [5.74, 6) is -0.303. The van der Waals surface area contributed by atoms with Gasteiger partial charge in [-0.2, -0.15) is 5.26 Å². The molecule has 0 spiro atoms. The molecular weight excluding hydrogens is 662 g/mol.